The minimum absolute atomic E-state index is 0.0825. The Morgan fingerprint density at radius 3 is 2.20 bits per heavy atom. The van der Waals surface area contributed by atoms with Crippen molar-refractivity contribution >= 4 is 33.6 Å². The van der Waals surface area contributed by atoms with Crippen molar-refractivity contribution in [1.29, 1.82) is 0 Å². The summed E-state index contributed by atoms with van der Waals surface area (Å²) >= 11 is 5.12. The van der Waals surface area contributed by atoms with Gasteiger partial charge in [0.05, 0.1) is 22.5 Å². The van der Waals surface area contributed by atoms with Crippen LogP contribution in [0.5, 0.6) is 5.75 Å². The van der Waals surface area contributed by atoms with Gasteiger partial charge in [0.25, 0.3) is 0 Å². The number of H-pyrrole nitrogens is 1. The second-order valence-electron chi connectivity index (χ2n) is 6.93. The van der Waals surface area contributed by atoms with Crippen LogP contribution in [0, 0.1) is 4.51 Å². The van der Waals surface area contributed by atoms with Gasteiger partial charge in [-0.25, -0.2) is 8.42 Å². The SMILES string of the molecule is CS(=O)(=O)Cc1cc(=S)c(O)c(CNc2ccc(-c3ccc(C(N)=O)cc3)cc2)[nH]1. The molecule has 0 saturated carbocycles. The zero-order chi connectivity index (χ0) is 21.9. The maximum Gasteiger partial charge on any atom is 0.248 e. The maximum atomic E-state index is 11.5. The van der Waals surface area contributed by atoms with E-state index in [0.29, 0.717) is 17.0 Å². The average Bonchev–Trinajstić information content (AvgIpc) is 2.69. The highest BCUT2D eigenvalue weighted by Crippen LogP contribution is 2.24. The minimum Gasteiger partial charge on any atom is -0.505 e. The molecule has 0 fully saturated rings. The number of pyridine rings is 1. The van der Waals surface area contributed by atoms with Crippen molar-refractivity contribution in [1.82, 2.24) is 4.98 Å². The first kappa shape index (κ1) is 21.5. The Balaban J connectivity index is 1.73. The van der Waals surface area contributed by atoms with Gasteiger partial charge in [-0.15, -0.1) is 0 Å². The number of aromatic amines is 1. The van der Waals surface area contributed by atoms with Gasteiger partial charge < -0.3 is 21.1 Å². The van der Waals surface area contributed by atoms with Gasteiger partial charge in [0.1, 0.15) is 0 Å². The Morgan fingerprint density at radius 1 is 1.10 bits per heavy atom. The van der Waals surface area contributed by atoms with Crippen LogP contribution in [0.4, 0.5) is 5.69 Å². The van der Waals surface area contributed by atoms with Crippen molar-refractivity contribution in [2.45, 2.75) is 12.3 Å². The summed E-state index contributed by atoms with van der Waals surface area (Å²) in [6, 6.07) is 16.1. The number of sulfone groups is 1. The highest BCUT2D eigenvalue weighted by Gasteiger charge is 2.10. The first-order chi connectivity index (χ1) is 14.1. The number of benzene rings is 2. The minimum atomic E-state index is -3.23. The molecule has 0 atom stereocenters. The quantitative estimate of drug-likeness (QED) is 0.415. The fraction of sp³-hybridized carbons (Fsp3) is 0.143. The topological polar surface area (TPSA) is 125 Å². The maximum absolute atomic E-state index is 11.5. The van der Waals surface area contributed by atoms with Crippen LogP contribution in [0.1, 0.15) is 21.7 Å². The predicted octanol–water partition coefficient (Wildman–Crippen LogP) is 3.37. The Morgan fingerprint density at radius 2 is 1.67 bits per heavy atom. The molecule has 1 aromatic heterocycles. The number of aromatic nitrogens is 1. The van der Waals surface area contributed by atoms with E-state index in [-0.39, 0.29) is 22.6 Å². The molecule has 3 rings (SSSR count). The largest absolute Gasteiger partial charge is 0.505 e. The lowest BCUT2D eigenvalue weighted by Gasteiger charge is -2.11. The first-order valence-electron chi connectivity index (χ1n) is 8.98. The number of primary amides is 1. The fourth-order valence-corrected chi connectivity index (χ4v) is 3.94. The molecule has 9 heteroatoms. The number of amides is 1. The number of rotatable bonds is 7. The van der Waals surface area contributed by atoms with Crippen molar-refractivity contribution in [2.24, 2.45) is 5.73 Å². The van der Waals surface area contributed by atoms with Crippen LogP contribution in [0.2, 0.25) is 0 Å². The molecule has 0 aliphatic rings. The summed E-state index contributed by atoms with van der Waals surface area (Å²) in [5.41, 5.74) is 9.26. The third-order valence-electron chi connectivity index (χ3n) is 4.41. The number of anilines is 1. The molecule has 0 aliphatic heterocycles. The molecule has 2 aromatic carbocycles. The van der Waals surface area contributed by atoms with Crippen molar-refractivity contribution in [2.75, 3.05) is 11.6 Å². The second kappa shape index (κ2) is 8.68. The lowest BCUT2D eigenvalue weighted by atomic mass is 10.0. The molecule has 1 heterocycles. The smallest absolute Gasteiger partial charge is 0.248 e. The summed E-state index contributed by atoms with van der Waals surface area (Å²) in [6.07, 6.45) is 1.14. The summed E-state index contributed by atoms with van der Waals surface area (Å²) < 4.78 is 23.3. The number of nitrogens with two attached hydrogens (primary N) is 1. The number of nitrogens with one attached hydrogen (secondary N) is 2. The Bertz CT molecular complexity index is 1230. The molecule has 1 amide bonds. The van der Waals surface area contributed by atoms with E-state index in [2.05, 4.69) is 10.3 Å². The van der Waals surface area contributed by atoms with E-state index in [9.17, 15) is 18.3 Å². The van der Waals surface area contributed by atoms with Crippen molar-refractivity contribution in [3.8, 4) is 16.9 Å². The molecule has 7 nitrogen and oxygen atoms in total. The van der Waals surface area contributed by atoms with E-state index >= 15 is 0 Å². The van der Waals surface area contributed by atoms with E-state index in [4.69, 9.17) is 18.0 Å². The summed E-state index contributed by atoms with van der Waals surface area (Å²) in [4.78, 5) is 14.1. The molecule has 156 valence electrons. The van der Waals surface area contributed by atoms with Crippen LogP contribution in [0.3, 0.4) is 0 Å². The zero-order valence-electron chi connectivity index (χ0n) is 16.2. The van der Waals surface area contributed by atoms with Gasteiger partial charge >= 0.3 is 0 Å². The van der Waals surface area contributed by atoms with Crippen LogP contribution in [-0.2, 0) is 22.1 Å². The van der Waals surface area contributed by atoms with Crippen molar-refractivity contribution < 1.29 is 18.3 Å². The van der Waals surface area contributed by atoms with Gasteiger partial charge in [-0.05, 0) is 41.5 Å². The summed E-state index contributed by atoms with van der Waals surface area (Å²) in [5, 5.41) is 13.4. The molecule has 3 aromatic rings. The van der Waals surface area contributed by atoms with Gasteiger partial charge in [-0.1, -0.05) is 36.5 Å². The van der Waals surface area contributed by atoms with Gasteiger partial charge in [-0.2, -0.15) is 0 Å². The Kier molecular flexibility index (Phi) is 6.23. The molecule has 0 bridgehead atoms. The molecule has 0 saturated heterocycles. The third-order valence-corrected chi connectivity index (χ3v) is 5.56. The third kappa shape index (κ3) is 5.46. The average molecular weight is 444 g/mol. The number of carbonyl (C=O) groups is 1. The number of hydrogen-bond acceptors (Lipinski definition) is 6. The van der Waals surface area contributed by atoms with Crippen LogP contribution in [0.25, 0.3) is 11.1 Å². The normalized spacial score (nSPS) is 11.2. The number of carbonyl (C=O) groups excluding carboxylic acids is 1. The van der Waals surface area contributed by atoms with Crippen LogP contribution in [-0.4, -0.2) is 30.7 Å². The Labute approximate surface area is 179 Å². The molecular formula is C21H21N3O4S2. The molecule has 30 heavy (non-hydrogen) atoms. The monoisotopic (exact) mass is 443 g/mol. The molecular weight excluding hydrogens is 422 g/mol. The second-order valence-corrected chi connectivity index (χ2v) is 9.51. The van der Waals surface area contributed by atoms with Crippen LogP contribution in [0.15, 0.2) is 54.6 Å². The fourth-order valence-electron chi connectivity index (χ4n) is 2.95. The van der Waals surface area contributed by atoms with Gasteiger partial charge in [0, 0.05) is 23.2 Å². The lowest BCUT2D eigenvalue weighted by molar-refractivity contribution is 0.100. The van der Waals surface area contributed by atoms with E-state index in [0.717, 1.165) is 23.1 Å². The summed E-state index contributed by atoms with van der Waals surface area (Å²) in [5.74, 6) is -0.738. The van der Waals surface area contributed by atoms with Gasteiger partial charge in [-0.3, -0.25) is 4.79 Å². The highest BCUT2D eigenvalue weighted by atomic mass is 32.2. The first-order valence-corrected chi connectivity index (χ1v) is 11.5. The van der Waals surface area contributed by atoms with Gasteiger partial charge in [0.15, 0.2) is 15.6 Å². The molecule has 0 spiro atoms. The number of hydrogen-bond donors (Lipinski definition) is 4. The van der Waals surface area contributed by atoms with E-state index in [1.54, 1.807) is 12.1 Å². The number of aromatic hydroxyl groups is 1. The predicted molar refractivity (Wildman–Crippen MR) is 120 cm³/mol. The highest BCUT2D eigenvalue weighted by molar-refractivity contribution is 7.89. The van der Waals surface area contributed by atoms with Gasteiger partial charge in [0.2, 0.25) is 5.91 Å². The van der Waals surface area contributed by atoms with E-state index in [1.165, 1.54) is 6.07 Å². The summed E-state index contributed by atoms with van der Waals surface area (Å²) in [7, 11) is -3.23. The standard InChI is InChI=1S/C21H21N3O4S2/c1-30(27,28)12-17-10-19(29)20(25)18(24-17)11-23-16-8-6-14(7-9-16)13-2-4-15(5-3-13)21(22)26/h2-10,23,25H,11-12H2,1H3,(H2,22,26)(H,24,29). The lowest BCUT2D eigenvalue weighted by Crippen LogP contribution is -2.10. The zero-order valence-corrected chi connectivity index (χ0v) is 17.8. The van der Waals surface area contributed by atoms with Crippen LogP contribution >= 0.6 is 12.2 Å². The van der Waals surface area contributed by atoms with E-state index < -0.39 is 15.7 Å². The molecule has 5 N–H and O–H groups in total. The molecule has 0 aliphatic carbocycles. The summed E-state index contributed by atoms with van der Waals surface area (Å²) in [6.45, 7) is 0.236. The van der Waals surface area contributed by atoms with Crippen molar-refractivity contribution in [3.05, 3.63) is 76.1 Å². The molecule has 0 unspecified atom stereocenters. The van der Waals surface area contributed by atoms with Crippen molar-refractivity contribution in [3.63, 3.8) is 0 Å². The molecule has 0 radical (unpaired) electrons. The van der Waals surface area contributed by atoms with Crippen LogP contribution < -0.4 is 11.1 Å². The van der Waals surface area contributed by atoms with E-state index in [1.807, 2.05) is 36.4 Å². The Hall–Kier alpha value is -3.17.